The summed E-state index contributed by atoms with van der Waals surface area (Å²) in [4.78, 5) is 19.3. The van der Waals surface area contributed by atoms with Gasteiger partial charge in [-0.3, -0.25) is 4.79 Å². The van der Waals surface area contributed by atoms with Gasteiger partial charge in [0.1, 0.15) is 23.1 Å². The highest BCUT2D eigenvalue weighted by atomic mass is 32.1. The maximum atomic E-state index is 12.8. The molecule has 0 saturated carbocycles. The van der Waals surface area contributed by atoms with E-state index in [4.69, 9.17) is 9.47 Å². The van der Waals surface area contributed by atoms with Crippen LogP contribution in [0.2, 0.25) is 0 Å². The summed E-state index contributed by atoms with van der Waals surface area (Å²) in [7, 11) is 1.61. The van der Waals surface area contributed by atoms with Crippen molar-refractivity contribution >= 4 is 17.2 Å². The van der Waals surface area contributed by atoms with E-state index in [1.807, 2.05) is 12.3 Å². The van der Waals surface area contributed by atoms with E-state index in [2.05, 4.69) is 37.9 Å². The Balaban J connectivity index is 1.64. The lowest BCUT2D eigenvalue weighted by Gasteiger charge is -2.20. The normalized spacial score (nSPS) is 10.7. The third-order valence-electron chi connectivity index (χ3n) is 5.07. The van der Waals surface area contributed by atoms with E-state index in [1.165, 1.54) is 11.1 Å². The summed E-state index contributed by atoms with van der Waals surface area (Å²) < 4.78 is 11.2. The van der Waals surface area contributed by atoms with E-state index in [0.29, 0.717) is 25.3 Å². The van der Waals surface area contributed by atoms with Crippen molar-refractivity contribution in [3.8, 4) is 11.5 Å². The second kappa shape index (κ2) is 9.76. The first-order chi connectivity index (χ1) is 14.4. The van der Waals surface area contributed by atoms with Crippen LogP contribution < -0.4 is 9.47 Å². The first kappa shape index (κ1) is 21.8. The van der Waals surface area contributed by atoms with Crippen molar-refractivity contribution in [1.29, 1.82) is 0 Å². The summed E-state index contributed by atoms with van der Waals surface area (Å²) in [6, 6.07) is 11.4. The molecular formula is C24H28N2O3S. The van der Waals surface area contributed by atoms with Gasteiger partial charge in [-0.15, -0.1) is 11.3 Å². The van der Waals surface area contributed by atoms with Crippen molar-refractivity contribution in [1.82, 2.24) is 9.88 Å². The number of methoxy groups -OCH3 is 1. The maximum Gasteiger partial charge on any atom is 0.254 e. The Morgan fingerprint density at radius 3 is 2.53 bits per heavy atom. The highest BCUT2D eigenvalue weighted by Gasteiger charge is 2.16. The number of hydrogen-bond donors (Lipinski definition) is 0. The van der Waals surface area contributed by atoms with Gasteiger partial charge in [-0.1, -0.05) is 6.07 Å². The average Bonchev–Trinajstić information content (AvgIpc) is 3.20. The smallest absolute Gasteiger partial charge is 0.254 e. The lowest BCUT2D eigenvalue weighted by molar-refractivity contribution is 0.0750. The van der Waals surface area contributed by atoms with Crippen LogP contribution in [0.5, 0.6) is 11.5 Å². The monoisotopic (exact) mass is 424 g/mol. The van der Waals surface area contributed by atoms with Crippen LogP contribution in [0.25, 0.3) is 0 Å². The molecule has 0 radical (unpaired) electrons. The third-order valence-corrected chi connectivity index (χ3v) is 5.94. The largest absolute Gasteiger partial charge is 0.497 e. The van der Waals surface area contributed by atoms with E-state index >= 15 is 0 Å². The molecule has 0 unspecified atom stereocenters. The number of benzene rings is 2. The number of amides is 1. The maximum absolute atomic E-state index is 12.8. The Bertz CT molecular complexity index is 1010. The van der Waals surface area contributed by atoms with Crippen LogP contribution in [0.1, 0.15) is 44.7 Å². The predicted molar refractivity (Wildman–Crippen MR) is 121 cm³/mol. The molecule has 0 aliphatic heterocycles. The zero-order valence-electron chi connectivity index (χ0n) is 18.2. The van der Waals surface area contributed by atoms with Gasteiger partial charge in [0.25, 0.3) is 5.91 Å². The number of carbonyl (C=O) groups is 1. The van der Waals surface area contributed by atoms with Crippen LogP contribution in [-0.4, -0.2) is 29.4 Å². The van der Waals surface area contributed by atoms with Crippen LogP contribution >= 0.6 is 11.3 Å². The Hall–Kier alpha value is -2.86. The van der Waals surface area contributed by atoms with Gasteiger partial charge in [-0.2, -0.15) is 0 Å². The Morgan fingerprint density at radius 2 is 1.87 bits per heavy atom. The summed E-state index contributed by atoms with van der Waals surface area (Å²) >= 11 is 1.56. The molecule has 158 valence electrons. The zero-order valence-corrected chi connectivity index (χ0v) is 19.0. The SMILES string of the molecule is CCN(Cc1csc(COc2cc(C)cc(C)c2C)n1)C(=O)c1ccc(OC)cc1. The van der Waals surface area contributed by atoms with E-state index in [0.717, 1.165) is 27.8 Å². The zero-order chi connectivity index (χ0) is 21.7. The minimum absolute atomic E-state index is 0.0168. The van der Waals surface area contributed by atoms with E-state index in [-0.39, 0.29) is 5.91 Å². The van der Waals surface area contributed by atoms with Gasteiger partial charge < -0.3 is 14.4 Å². The Morgan fingerprint density at radius 1 is 1.13 bits per heavy atom. The fourth-order valence-electron chi connectivity index (χ4n) is 3.22. The molecule has 0 spiro atoms. The summed E-state index contributed by atoms with van der Waals surface area (Å²) in [5.74, 6) is 1.61. The molecule has 6 heteroatoms. The number of carbonyl (C=O) groups excluding carboxylic acids is 1. The minimum atomic E-state index is -0.0168. The molecule has 0 aliphatic rings. The number of hydrogen-bond acceptors (Lipinski definition) is 5. The molecule has 0 N–H and O–H groups in total. The molecule has 0 bridgehead atoms. The Kier molecular flexibility index (Phi) is 7.11. The Labute approximate surface area is 182 Å². The van der Waals surface area contributed by atoms with Crippen molar-refractivity contribution in [3.05, 3.63) is 74.7 Å². The number of aromatic nitrogens is 1. The van der Waals surface area contributed by atoms with Gasteiger partial charge in [0.2, 0.25) is 0 Å². The lowest BCUT2D eigenvalue weighted by Crippen LogP contribution is -2.30. The number of thiazole rings is 1. The average molecular weight is 425 g/mol. The van der Waals surface area contributed by atoms with Gasteiger partial charge in [0, 0.05) is 17.5 Å². The van der Waals surface area contributed by atoms with Crippen LogP contribution in [-0.2, 0) is 13.2 Å². The summed E-state index contributed by atoms with van der Waals surface area (Å²) in [6.45, 7) is 9.71. The summed E-state index contributed by atoms with van der Waals surface area (Å²) in [5, 5.41) is 2.90. The highest BCUT2D eigenvalue weighted by molar-refractivity contribution is 7.09. The third kappa shape index (κ3) is 5.19. The van der Waals surface area contributed by atoms with Gasteiger partial charge in [-0.25, -0.2) is 4.98 Å². The van der Waals surface area contributed by atoms with E-state index in [9.17, 15) is 4.79 Å². The second-order valence-electron chi connectivity index (χ2n) is 7.27. The molecule has 0 saturated heterocycles. The van der Waals surface area contributed by atoms with E-state index < -0.39 is 0 Å². The fraction of sp³-hybridized carbons (Fsp3) is 0.333. The standard InChI is InChI=1S/C24H28N2O3S/c1-6-26(24(27)19-7-9-21(28-5)10-8-19)13-20-15-30-23(25-20)14-29-22-12-16(2)11-17(3)18(22)4/h7-12,15H,6,13-14H2,1-5H3. The van der Waals surface area contributed by atoms with Crippen LogP contribution in [0.4, 0.5) is 0 Å². The van der Waals surface area contributed by atoms with Crippen LogP contribution in [0, 0.1) is 20.8 Å². The topological polar surface area (TPSA) is 51.7 Å². The molecule has 0 aliphatic carbocycles. The van der Waals surface area contributed by atoms with E-state index in [1.54, 1.807) is 47.6 Å². The molecule has 2 aromatic carbocycles. The quantitative estimate of drug-likeness (QED) is 0.491. The van der Waals surface area contributed by atoms with Gasteiger partial charge >= 0.3 is 0 Å². The molecule has 5 nitrogen and oxygen atoms in total. The van der Waals surface area contributed by atoms with Gasteiger partial charge in [-0.05, 0) is 74.7 Å². The summed E-state index contributed by atoms with van der Waals surface area (Å²) in [5.41, 5.74) is 5.07. The fourth-order valence-corrected chi connectivity index (χ4v) is 3.91. The first-order valence-electron chi connectivity index (χ1n) is 9.98. The highest BCUT2D eigenvalue weighted by Crippen LogP contribution is 2.25. The molecule has 1 heterocycles. The molecule has 1 aromatic heterocycles. The molecule has 1 amide bonds. The number of ether oxygens (including phenoxy) is 2. The van der Waals surface area contributed by atoms with Crippen LogP contribution in [0.3, 0.4) is 0 Å². The number of aryl methyl sites for hydroxylation is 2. The van der Waals surface area contributed by atoms with Crippen molar-refractivity contribution in [2.75, 3.05) is 13.7 Å². The van der Waals surface area contributed by atoms with Crippen LogP contribution in [0.15, 0.2) is 41.8 Å². The molecular weight excluding hydrogens is 396 g/mol. The van der Waals surface area contributed by atoms with Crippen molar-refractivity contribution in [3.63, 3.8) is 0 Å². The molecule has 0 atom stereocenters. The van der Waals surface area contributed by atoms with Crippen molar-refractivity contribution in [2.24, 2.45) is 0 Å². The molecule has 30 heavy (non-hydrogen) atoms. The second-order valence-corrected chi connectivity index (χ2v) is 8.22. The predicted octanol–water partition coefficient (Wildman–Crippen LogP) is 5.32. The number of rotatable bonds is 8. The van der Waals surface area contributed by atoms with Crippen molar-refractivity contribution in [2.45, 2.75) is 40.8 Å². The van der Waals surface area contributed by atoms with Crippen molar-refractivity contribution < 1.29 is 14.3 Å². The minimum Gasteiger partial charge on any atom is -0.497 e. The van der Waals surface area contributed by atoms with Gasteiger partial charge in [0.15, 0.2) is 0 Å². The lowest BCUT2D eigenvalue weighted by atomic mass is 10.1. The molecule has 0 fully saturated rings. The molecule has 3 aromatic rings. The van der Waals surface area contributed by atoms with Gasteiger partial charge in [0.05, 0.1) is 19.3 Å². The molecule has 3 rings (SSSR count). The summed E-state index contributed by atoms with van der Waals surface area (Å²) in [6.07, 6.45) is 0. The number of nitrogens with zero attached hydrogens (tertiary/aromatic N) is 2. The first-order valence-corrected chi connectivity index (χ1v) is 10.9.